The average Bonchev–Trinajstić information content (AvgIpc) is 2.56. The van der Waals surface area contributed by atoms with Crippen molar-refractivity contribution in [1.82, 2.24) is 5.32 Å². The van der Waals surface area contributed by atoms with Crippen molar-refractivity contribution in [3.05, 3.63) is 28.8 Å². The highest BCUT2D eigenvalue weighted by atomic mass is 16.6. The van der Waals surface area contributed by atoms with Crippen LogP contribution in [0.2, 0.25) is 0 Å². The number of nitrogens with one attached hydrogen (secondary N) is 1. The number of esters is 1. The van der Waals surface area contributed by atoms with Gasteiger partial charge in [-0.2, -0.15) is 0 Å². The highest BCUT2D eigenvalue weighted by Crippen LogP contribution is 2.27. The molecule has 0 heterocycles. The van der Waals surface area contributed by atoms with Gasteiger partial charge >= 0.3 is 12.1 Å². The summed E-state index contributed by atoms with van der Waals surface area (Å²) in [5, 5.41) is 2.71. The molecule has 0 atom stereocenters. The first-order chi connectivity index (χ1) is 14.2. The number of amides is 1. The Kier molecular flexibility index (Phi) is 9.53. The van der Waals surface area contributed by atoms with Gasteiger partial charge in [-0.1, -0.05) is 0 Å². The van der Waals surface area contributed by atoms with Crippen LogP contribution in [0, 0.1) is 0 Å². The summed E-state index contributed by atoms with van der Waals surface area (Å²) >= 11 is 0. The molecule has 1 amide bonds. The van der Waals surface area contributed by atoms with E-state index in [2.05, 4.69) is 5.32 Å². The van der Waals surface area contributed by atoms with Crippen LogP contribution in [0.3, 0.4) is 0 Å². The standard InChI is InChI=1S/C24H37NO6/c1-16(2)29-20-14-17(11-12-25-22(28)31-24(6,7)8)13-18(15-26)19(20)9-10-21(27)30-23(3,4)5/h13-16H,9-12H2,1-8H3,(H,25,28). The molecule has 0 unspecified atom stereocenters. The number of rotatable bonds is 9. The second-order valence-electron chi connectivity index (χ2n) is 9.71. The predicted octanol–water partition coefficient (Wildman–Crippen LogP) is 4.63. The molecule has 0 radical (unpaired) electrons. The van der Waals surface area contributed by atoms with Gasteiger partial charge in [0.05, 0.1) is 6.10 Å². The van der Waals surface area contributed by atoms with Crippen molar-refractivity contribution in [2.24, 2.45) is 0 Å². The minimum absolute atomic E-state index is 0.102. The molecule has 0 spiro atoms. The van der Waals surface area contributed by atoms with Crippen LogP contribution >= 0.6 is 0 Å². The SMILES string of the molecule is CC(C)Oc1cc(CCNC(=O)OC(C)(C)C)cc(C=O)c1CCC(=O)OC(C)(C)C. The monoisotopic (exact) mass is 435 g/mol. The third kappa shape index (κ3) is 10.9. The fraction of sp³-hybridized carbons (Fsp3) is 0.625. The summed E-state index contributed by atoms with van der Waals surface area (Å²) in [6.45, 7) is 15.0. The number of alkyl carbamates (subject to hydrolysis) is 1. The van der Waals surface area contributed by atoms with Crippen LogP contribution in [0.4, 0.5) is 4.79 Å². The van der Waals surface area contributed by atoms with Gasteiger partial charge < -0.3 is 19.5 Å². The molecule has 174 valence electrons. The molecular formula is C24H37NO6. The molecule has 1 aromatic rings. The van der Waals surface area contributed by atoms with Gasteiger partial charge in [-0.25, -0.2) is 4.79 Å². The Bertz CT molecular complexity index is 771. The Balaban J connectivity index is 2.95. The van der Waals surface area contributed by atoms with Crippen molar-refractivity contribution < 1.29 is 28.6 Å². The molecule has 0 bridgehead atoms. The van der Waals surface area contributed by atoms with Crippen LogP contribution in [0.15, 0.2) is 12.1 Å². The zero-order chi connectivity index (χ0) is 23.8. The molecule has 7 nitrogen and oxygen atoms in total. The summed E-state index contributed by atoms with van der Waals surface area (Å²) in [6, 6.07) is 3.62. The van der Waals surface area contributed by atoms with E-state index in [-0.39, 0.29) is 18.5 Å². The number of benzene rings is 1. The van der Waals surface area contributed by atoms with Gasteiger partial charge in [-0.3, -0.25) is 9.59 Å². The van der Waals surface area contributed by atoms with Crippen molar-refractivity contribution in [3.63, 3.8) is 0 Å². The summed E-state index contributed by atoms with van der Waals surface area (Å²) in [5.74, 6) is 0.237. The smallest absolute Gasteiger partial charge is 0.407 e. The Morgan fingerprint density at radius 1 is 1.00 bits per heavy atom. The first-order valence-corrected chi connectivity index (χ1v) is 10.7. The Labute approximate surface area is 185 Å². The Morgan fingerprint density at radius 2 is 1.61 bits per heavy atom. The first kappa shape index (κ1) is 26.5. The van der Waals surface area contributed by atoms with Crippen LogP contribution in [0.5, 0.6) is 5.75 Å². The average molecular weight is 436 g/mol. The summed E-state index contributed by atoms with van der Waals surface area (Å²) < 4.78 is 16.5. The van der Waals surface area contributed by atoms with Gasteiger partial charge in [0, 0.05) is 24.1 Å². The Morgan fingerprint density at radius 3 is 2.13 bits per heavy atom. The van der Waals surface area contributed by atoms with E-state index in [1.165, 1.54) is 0 Å². The van der Waals surface area contributed by atoms with Gasteiger partial charge in [0.2, 0.25) is 0 Å². The third-order valence-electron chi connectivity index (χ3n) is 3.87. The molecule has 1 rings (SSSR count). The van der Waals surface area contributed by atoms with Crippen LogP contribution in [0.25, 0.3) is 0 Å². The van der Waals surface area contributed by atoms with Crippen molar-refractivity contribution in [2.75, 3.05) is 6.54 Å². The zero-order valence-electron chi connectivity index (χ0n) is 20.1. The van der Waals surface area contributed by atoms with E-state index < -0.39 is 17.3 Å². The van der Waals surface area contributed by atoms with Gasteiger partial charge in [0.25, 0.3) is 0 Å². The molecule has 0 saturated carbocycles. The molecule has 1 N–H and O–H groups in total. The Hall–Kier alpha value is -2.57. The van der Waals surface area contributed by atoms with E-state index in [1.54, 1.807) is 26.8 Å². The maximum absolute atomic E-state index is 12.1. The van der Waals surface area contributed by atoms with E-state index in [0.717, 1.165) is 11.8 Å². The third-order valence-corrected chi connectivity index (χ3v) is 3.87. The molecular weight excluding hydrogens is 398 g/mol. The number of aldehydes is 1. The fourth-order valence-electron chi connectivity index (χ4n) is 2.85. The summed E-state index contributed by atoms with van der Waals surface area (Å²) in [6.07, 6.45) is 1.15. The minimum atomic E-state index is -0.567. The van der Waals surface area contributed by atoms with Gasteiger partial charge in [-0.15, -0.1) is 0 Å². The van der Waals surface area contributed by atoms with E-state index in [1.807, 2.05) is 40.7 Å². The van der Waals surface area contributed by atoms with E-state index in [9.17, 15) is 14.4 Å². The van der Waals surface area contributed by atoms with Gasteiger partial charge in [-0.05, 0) is 85.9 Å². The summed E-state index contributed by atoms with van der Waals surface area (Å²) in [5.41, 5.74) is 0.859. The number of hydrogen-bond acceptors (Lipinski definition) is 6. The normalized spacial score (nSPS) is 11.8. The maximum atomic E-state index is 12.1. The molecule has 0 aromatic heterocycles. The van der Waals surface area contributed by atoms with Crippen molar-refractivity contribution in [1.29, 1.82) is 0 Å². The second kappa shape index (κ2) is 11.2. The van der Waals surface area contributed by atoms with Gasteiger partial charge in [0.15, 0.2) is 0 Å². The zero-order valence-corrected chi connectivity index (χ0v) is 20.1. The van der Waals surface area contributed by atoms with Gasteiger partial charge in [0.1, 0.15) is 23.2 Å². The largest absolute Gasteiger partial charge is 0.491 e. The maximum Gasteiger partial charge on any atom is 0.407 e. The molecule has 0 saturated heterocycles. The predicted molar refractivity (Wildman–Crippen MR) is 120 cm³/mol. The molecule has 31 heavy (non-hydrogen) atoms. The molecule has 0 fully saturated rings. The van der Waals surface area contributed by atoms with Crippen molar-refractivity contribution in [2.45, 2.75) is 92.0 Å². The lowest BCUT2D eigenvalue weighted by molar-refractivity contribution is -0.154. The topological polar surface area (TPSA) is 90.9 Å². The second-order valence-corrected chi connectivity index (χ2v) is 9.71. The van der Waals surface area contributed by atoms with Crippen molar-refractivity contribution in [3.8, 4) is 5.75 Å². The highest BCUT2D eigenvalue weighted by Gasteiger charge is 2.20. The van der Waals surface area contributed by atoms with Crippen LogP contribution in [-0.4, -0.2) is 42.2 Å². The highest BCUT2D eigenvalue weighted by molar-refractivity contribution is 5.80. The summed E-state index contributed by atoms with van der Waals surface area (Å²) in [7, 11) is 0. The molecule has 7 heteroatoms. The van der Waals surface area contributed by atoms with Crippen LogP contribution in [-0.2, 0) is 27.1 Å². The minimum Gasteiger partial charge on any atom is -0.491 e. The summed E-state index contributed by atoms with van der Waals surface area (Å²) in [4.78, 5) is 35.7. The van der Waals surface area contributed by atoms with E-state index in [4.69, 9.17) is 14.2 Å². The fourth-order valence-corrected chi connectivity index (χ4v) is 2.85. The van der Waals surface area contributed by atoms with E-state index in [0.29, 0.717) is 36.3 Å². The van der Waals surface area contributed by atoms with Crippen molar-refractivity contribution >= 4 is 18.3 Å². The number of hydrogen-bond donors (Lipinski definition) is 1. The molecule has 0 aliphatic rings. The lowest BCUT2D eigenvalue weighted by Crippen LogP contribution is -2.33. The number of carbonyl (C=O) groups excluding carboxylic acids is 3. The van der Waals surface area contributed by atoms with Crippen LogP contribution < -0.4 is 10.1 Å². The lowest BCUT2D eigenvalue weighted by Gasteiger charge is -2.21. The molecule has 0 aliphatic carbocycles. The first-order valence-electron chi connectivity index (χ1n) is 10.7. The lowest BCUT2D eigenvalue weighted by atomic mass is 9.98. The molecule has 0 aliphatic heterocycles. The number of ether oxygens (including phenoxy) is 3. The quantitative estimate of drug-likeness (QED) is 0.449. The van der Waals surface area contributed by atoms with E-state index >= 15 is 0 Å². The molecule has 1 aromatic carbocycles. The van der Waals surface area contributed by atoms with Crippen LogP contribution in [0.1, 0.15) is 83.3 Å². The number of carbonyl (C=O) groups is 3.